The van der Waals surface area contributed by atoms with Crippen LogP contribution in [0.25, 0.3) is 5.82 Å². The molecule has 0 bridgehead atoms. The monoisotopic (exact) mass is 348 g/mol. The Morgan fingerprint density at radius 3 is 2.75 bits per heavy atom. The first-order chi connectivity index (χ1) is 7.58. The van der Waals surface area contributed by atoms with Gasteiger partial charge >= 0.3 is 0 Å². The van der Waals surface area contributed by atoms with Crippen molar-refractivity contribution >= 4 is 31.9 Å². The Balaban J connectivity index is 2.50. The third kappa shape index (κ3) is 2.30. The average Bonchev–Trinajstić information content (AvgIpc) is 2.61. The fraction of sp³-hybridized carbons (Fsp3) is 0.222. The molecule has 16 heavy (non-hydrogen) atoms. The standard InChI is InChI=1S/C9H7Br2FN4/c1-5(10)8-14-9(11)15-16(8)7-3-2-6(12)4-13-7/h2-5H,1H3. The number of hydrogen-bond donors (Lipinski definition) is 0. The smallest absolute Gasteiger partial charge is 0.218 e. The minimum atomic E-state index is -0.378. The number of alkyl halides is 1. The summed E-state index contributed by atoms with van der Waals surface area (Å²) in [6.07, 6.45) is 1.15. The van der Waals surface area contributed by atoms with Crippen molar-refractivity contribution in [2.24, 2.45) is 0 Å². The van der Waals surface area contributed by atoms with E-state index in [0.717, 1.165) is 6.20 Å². The predicted octanol–water partition coefficient (Wildman–Crippen LogP) is 3.02. The minimum Gasteiger partial charge on any atom is -0.234 e. The molecule has 2 rings (SSSR count). The van der Waals surface area contributed by atoms with Crippen molar-refractivity contribution in [3.8, 4) is 5.82 Å². The lowest BCUT2D eigenvalue weighted by atomic mass is 10.4. The van der Waals surface area contributed by atoms with Gasteiger partial charge < -0.3 is 0 Å². The fourth-order valence-electron chi connectivity index (χ4n) is 1.22. The van der Waals surface area contributed by atoms with E-state index in [-0.39, 0.29) is 10.6 Å². The number of halogens is 3. The molecule has 4 nitrogen and oxygen atoms in total. The van der Waals surface area contributed by atoms with Crippen LogP contribution in [0.3, 0.4) is 0 Å². The van der Waals surface area contributed by atoms with E-state index in [1.807, 2.05) is 6.92 Å². The summed E-state index contributed by atoms with van der Waals surface area (Å²) < 4.78 is 14.8. The highest BCUT2D eigenvalue weighted by atomic mass is 79.9. The quantitative estimate of drug-likeness (QED) is 0.783. The maximum Gasteiger partial charge on any atom is 0.218 e. The molecule has 1 unspecified atom stereocenters. The van der Waals surface area contributed by atoms with Gasteiger partial charge in [0.2, 0.25) is 4.73 Å². The van der Waals surface area contributed by atoms with Crippen LogP contribution in [0.4, 0.5) is 4.39 Å². The van der Waals surface area contributed by atoms with Crippen LogP contribution in [0.2, 0.25) is 0 Å². The molecule has 0 spiro atoms. The Bertz CT molecular complexity index is 495. The molecule has 7 heteroatoms. The largest absolute Gasteiger partial charge is 0.234 e. The second kappa shape index (κ2) is 4.58. The normalized spacial score (nSPS) is 12.8. The van der Waals surface area contributed by atoms with E-state index in [0.29, 0.717) is 16.4 Å². The zero-order valence-electron chi connectivity index (χ0n) is 8.23. The van der Waals surface area contributed by atoms with Crippen molar-refractivity contribution in [3.05, 3.63) is 34.7 Å². The van der Waals surface area contributed by atoms with E-state index in [9.17, 15) is 4.39 Å². The van der Waals surface area contributed by atoms with Crippen molar-refractivity contribution in [3.63, 3.8) is 0 Å². The summed E-state index contributed by atoms with van der Waals surface area (Å²) >= 11 is 6.61. The average molecular weight is 350 g/mol. The van der Waals surface area contributed by atoms with Gasteiger partial charge in [0, 0.05) is 0 Å². The number of rotatable bonds is 2. The van der Waals surface area contributed by atoms with Gasteiger partial charge in [0.15, 0.2) is 5.82 Å². The zero-order valence-corrected chi connectivity index (χ0v) is 11.4. The molecule has 2 heterocycles. The van der Waals surface area contributed by atoms with Gasteiger partial charge in [-0.1, -0.05) is 15.9 Å². The maximum absolute atomic E-state index is 12.7. The molecule has 0 N–H and O–H groups in total. The summed E-state index contributed by atoms with van der Waals surface area (Å²) in [6, 6.07) is 2.88. The van der Waals surface area contributed by atoms with Gasteiger partial charge in [-0.3, -0.25) is 0 Å². The first-order valence-corrected chi connectivity index (χ1v) is 6.17. The van der Waals surface area contributed by atoms with E-state index in [2.05, 4.69) is 46.9 Å². The summed E-state index contributed by atoms with van der Waals surface area (Å²) in [5.41, 5.74) is 0. The Morgan fingerprint density at radius 1 is 1.44 bits per heavy atom. The van der Waals surface area contributed by atoms with Crippen LogP contribution in [-0.2, 0) is 0 Å². The maximum atomic E-state index is 12.7. The molecular weight excluding hydrogens is 343 g/mol. The number of hydrogen-bond acceptors (Lipinski definition) is 3. The Morgan fingerprint density at radius 2 is 2.19 bits per heavy atom. The summed E-state index contributed by atoms with van der Waals surface area (Å²) in [7, 11) is 0. The van der Waals surface area contributed by atoms with Crippen LogP contribution >= 0.6 is 31.9 Å². The molecule has 0 fully saturated rings. The topological polar surface area (TPSA) is 43.6 Å². The summed E-state index contributed by atoms with van der Waals surface area (Å²) in [4.78, 5) is 8.17. The van der Waals surface area contributed by atoms with E-state index in [1.54, 1.807) is 10.7 Å². The number of aromatic nitrogens is 4. The first kappa shape index (κ1) is 11.7. The Labute approximate surface area is 108 Å². The van der Waals surface area contributed by atoms with Crippen LogP contribution in [0.15, 0.2) is 23.1 Å². The van der Waals surface area contributed by atoms with Crippen molar-refractivity contribution in [2.45, 2.75) is 11.8 Å². The lowest BCUT2D eigenvalue weighted by Crippen LogP contribution is -2.05. The highest BCUT2D eigenvalue weighted by Crippen LogP contribution is 2.23. The van der Waals surface area contributed by atoms with Gasteiger partial charge in [0.1, 0.15) is 11.6 Å². The summed E-state index contributed by atoms with van der Waals surface area (Å²) in [6.45, 7) is 1.93. The molecule has 0 aliphatic rings. The van der Waals surface area contributed by atoms with E-state index >= 15 is 0 Å². The number of pyridine rings is 1. The van der Waals surface area contributed by atoms with Gasteiger partial charge in [-0.2, -0.15) is 4.68 Å². The molecule has 0 aliphatic heterocycles. The van der Waals surface area contributed by atoms with Crippen LogP contribution in [0.5, 0.6) is 0 Å². The highest BCUT2D eigenvalue weighted by Gasteiger charge is 2.15. The van der Waals surface area contributed by atoms with Gasteiger partial charge in [-0.05, 0) is 35.0 Å². The lowest BCUT2D eigenvalue weighted by Gasteiger charge is -2.05. The van der Waals surface area contributed by atoms with Gasteiger partial charge in [0.05, 0.1) is 11.0 Å². The Kier molecular flexibility index (Phi) is 3.34. The van der Waals surface area contributed by atoms with Crippen LogP contribution in [0.1, 0.15) is 17.6 Å². The van der Waals surface area contributed by atoms with Crippen LogP contribution in [-0.4, -0.2) is 19.7 Å². The third-order valence-corrected chi connectivity index (χ3v) is 2.64. The van der Waals surface area contributed by atoms with E-state index in [4.69, 9.17) is 0 Å². The first-order valence-electron chi connectivity index (χ1n) is 4.46. The van der Waals surface area contributed by atoms with Crippen molar-refractivity contribution in [1.29, 1.82) is 0 Å². The van der Waals surface area contributed by atoms with Gasteiger partial charge in [0.25, 0.3) is 0 Å². The Hall–Kier alpha value is -0.820. The fourth-order valence-corrected chi connectivity index (χ4v) is 1.85. The van der Waals surface area contributed by atoms with Gasteiger partial charge in [-0.25, -0.2) is 14.4 Å². The SMILES string of the molecule is CC(Br)c1nc(Br)nn1-c1ccc(F)cn1. The van der Waals surface area contributed by atoms with Crippen molar-refractivity contribution in [2.75, 3.05) is 0 Å². The summed E-state index contributed by atoms with van der Waals surface area (Å²) in [5.74, 6) is 0.850. The second-order valence-corrected chi connectivity index (χ2v) is 5.18. The van der Waals surface area contributed by atoms with Crippen molar-refractivity contribution < 1.29 is 4.39 Å². The van der Waals surface area contributed by atoms with Gasteiger partial charge in [-0.15, -0.1) is 5.10 Å². The van der Waals surface area contributed by atoms with Crippen LogP contribution < -0.4 is 0 Å². The highest BCUT2D eigenvalue weighted by molar-refractivity contribution is 9.10. The molecular formula is C9H7Br2FN4. The van der Waals surface area contributed by atoms with E-state index < -0.39 is 0 Å². The molecule has 1 atom stereocenters. The molecule has 0 saturated heterocycles. The predicted molar refractivity (Wildman–Crippen MR) is 64.2 cm³/mol. The summed E-state index contributed by atoms with van der Waals surface area (Å²) in [5, 5.41) is 4.14. The van der Waals surface area contributed by atoms with Crippen molar-refractivity contribution in [1.82, 2.24) is 19.7 Å². The molecule has 2 aromatic rings. The third-order valence-electron chi connectivity index (χ3n) is 1.89. The molecule has 2 aromatic heterocycles. The molecule has 0 aromatic carbocycles. The zero-order chi connectivity index (χ0) is 11.7. The second-order valence-electron chi connectivity index (χ2n) is 3.10. The molecule has 84 valence electrons. The molecule has 0 amide bonds. The number of nitrogens with zero attached hydrogens (tertiary/aromatic N) is 4. The lowest BCUT2D eigenvalue weighted by molar-refractivity contribution is 0.618. The van der Waals surface area contributed by atoms with E-state index in [1.165, 1.54) is 6.07 Å². The molecule has 0 aliphatic carbocycles. The molecule has 0 saturated carbocycles. The molecule has 0 radical (unpaired) electrons. The van der Waals surface area contributed by atoms with Crippen LogP contribution in [0, 0.1) is 5.82 Å². The minimum absolute atomic E-state index is 0.0261.